The molecule has 32 heavy (non-hydrogen) atoms. The van der Waals surface area contributed by atoms with E-state index in [9.17, 15) is 9.59 Å². The fraction of sp³-hybridized carbons (Fsp3) is 0.0870. The monoisotopic (exact) mass is 487 g/mol. The highest BCUT2D eigenvalue weighted by atomic mass is 35.5. The van der Waals surface area contributed by atoms with Gasteiger partial charge in [-0.3, -0.25) is 9.59 Å². The lowest BCUT2D eigenvalue weighted by atomic mass is 10.2. The average molecular weight is 488 g/mol. The van der Waals surface area contributed by atoms with Gasteiger partial charge >= 0.3 is 0 Å². The van der Waals surface area contributed by atoms with Crippen molar-refractivity contribution in [2.75, 3.05) is 17.7 Å². The number of halogens is 2. The third-order valence-electron chi connectivity index (χ3n) is 3.94. The minimum Gasteiger partial charge on any atom is -0.484 e. The molecule has 0 atom stereocenters. The van der Waals surface area contributed by atoms with E-state index < -0.39 is 0 Å². The lowest BCUT2D eigenvalue weighted by Gasteiger charge is -2.08. The van der Waals surface area contributed by atoms with Gasteiger partial charge in [0.2, 0.25) is 5.91 Å². The maximum atomic E-state index is 12.0. The standard InChI is InChI=1S/C23H19Cl2N3O3S/c24-17-6-10-21(11-7-17)32-15-23(30)28-26-13-16-4-8-20(9-5-16)31-14-22(29)27-19-3-1-2-18(25)12-19/h1-13H,14-15H2,(H,27,29)(H,28,30)/b26-13-. The SMILES string of the molecule is O=C(CSc1ccc(Cl)cc1)N/N=C\c1ccc(OCC(=O)Nc2cccc(Cl)c2)cc1. The maximum Gasteiger partial charge on any atom is 0.262 e. The van der Waals surface area contributed by atoms with Crippen molar-refractivity contribution in [3.05, 3.63) is 88.4 Å². The number of hydrogen-bond acceptors (Lipinski definition) is 5. The van der Waals surface area contributed by atoms with E-state index in [4.69, 9.17) is 27.9 Å². The minimum atomic E-state index is -0.294. The Morgan fingerprint density at radius 1 is 0.938 bits per heavy atom. The molecule has 6 nitrogen and oxygen atoms in total. The fourth-order valence-corrected chi connectivity index (χ4v) is 3.46. The summed E-state index contributed by atoms with van der Waals surface area (Å²) < 4.78 is 5.48. The molecule has 0 aliphatic carbocycles. The number of ether oxygens (including phenoxy) is 1. The molecule has 0 saturated carbocycles. The van der Waals surface area contributed by atoms with Crippen molar-refractivity contribution >= 4 is 58.7 Å². The summed E-state index contributed by atoms with van der Waals surface area (Å²) in [6, 6.07) is 21.1. The number of hydrazone groups is 1. The Bertz CT molecular complexity index is 1090. The number of benzene rings is 3. The molecule has 164 valence electrons. The first-order chi connectivity index (χ1) is 15.5. The molecule has 0 aliphatic rings. The van der Waals surface area contributed by atoms with Gasteiger partial charge in [-0.2, -0.15) is 5.10 Å². The number of nitrogens with one attached hydrogen (secondary N) is 2. The number of thioether (sulfide) groups is 1. The Hall–Kier alpha value is -3.00. The second-order valence-electron chi connectivity index (χ2n) is 6.45. The van der Waals surface area contributed by atoms with E-state index in [1.807, 2.05) is 12.1 Å². The van der Waals surface area contributed by atoms with Gasteiger partial charge in [0.15, 0.2) is 6.61 Å². The first kappa shape index (κ1) is 23.7. The Balaban J connectivity index is 1.38. The zero-order valence-electron chi connectivity index (χ0n) is 16.8. The van der Waals surface area contributed by atoms with Gasteiger partial charge in [0, 0.05) is 20.6 Å². The number of carbonyl (C=O) groups is 2. The van der Waals surface area contributed by atoms with Crippen molar-refractivity contribution in [1.82, 2.24) is 5.43 Å². The van der Waals surface area contributed by atoms with Crippen molar-refractivity contribution in [1.29, 1.82) is 0 Å². The molecule has 2 N–H and O–H groups in total. The van der Waals surface area contributed by atoms with Crippen LogP contribution in [0, 0.1) is 0 Å². The molecule has 0 bridgehead atoms. The van der Waals surface area contributed by atoms with E-state index in [0.717, 1.165) is 10.5 Å². The van der Waals surface area contributed by atoms with Crippen LogP contribution in [-0.2, 0) is 9.59 Å². The highest BCUT2D eigenvalue weighted by Gasteiger charge is 2.05. The Morgan fingerprint density at radius 2 is 1.69 bits per heavy atom. The number of anilines is 1. The van der Waals surface area contributed by atoms with Gasteiger partial charge in [0.1, 0.15) is 5.75 Å². The molecule has 0 radical (unpaired) electrons. The van der Waals surface area contributed by atoms with Crippen molar-refractivity contribution < 1.29 is 14.3 Å². The van der Waals surface area contributed by atoms with Crippen LogP contribution in [0.15, 0.2) is 82.8 Å². The Morgan fingerprint density at radius 3 is 2.41 bits per heavy atom. The summed E-state index contributed by atoms with van der Waals surface area (Å²) in [7, 11) is 0. The van der Waals surface area contributed by atoms with Gasteiger partial charge in [0.25, 0.3) is 5.91 Å². The highest BCUT2D eigenvalue weighted by Crippen LogP contribution is 2.20. The second-order valence-corrected chi connectivity index (χ2v) is 8.37. The number of nitrogens with zero attached hydrogens (tertiary/aromatic N) is 1. The van der Waals surface area contributed by atoms with Gasteiger partial charge < -0.3 is 10.1 Å². The molecule has 3 aromatic rings. The molecule has 0 saturated heterocycles. The second kappa shape index (κ2) is 12.1. The van der Waals surface area contributed by atoms with E-state index in [-0.39, 0.29) is 24.2 Å². The summed E-state index contributed by atoms with van der Waals surface area (Å²) in [5.74, 6) is 0.263. The van der Waals surface area contributed by atoms with Crippen LogP contribution < -0.4 is 15.5 Å². The van der Waals surface area contributed by atoms with Gasteiger partial charge in [-0.15, -0.1) is 11.8 Å². The fourth-order valence-electron chi connectivity index (χ4n) is 2.45. The quantitative estimate of drug-likeness (QED) is 0.245. The van der Waals surface area contributed by atoms with Crippen molar-refractivity contribution in [3.8, 4) is 5.75 Å². The highest BCUT2D eigenvalue weighted by molar-refractivity contribution is 8.00. The van der Waals surface area contributed by atoms with Crippen LogP contribution in [0.5, 0.6) is 5.75 Å². The Labute approximate surface area is 200 Å². The van der Waals surface area contributed by atoms with Crippen LogP contribution in [0.4, 0.5) is 5.69 Å². The third kappa shape index (κ3) is 8.26. The smallest absolute Gasteiger partial charge is 0.262 e. The largest absolute Gasteiger partial charge is 0.484 e. The summed E-state index contributed by atoms with van der Waals surface area (Å²) >= 11 is 13.1. The minimum absolute atomic E-state index is 0.138. The summed E-state index contributed by atoms with van der Waals surface area (Å²) in [6.07, 6.45) is 1.53. The first-order valence-electron chi connectivity index (χ1n) is 9.46. The summed E-state index contributed by atoms with van der Waals surface area (Å²) in [4.78, 5) is 24.8. The average Bonchev–Trinajstić information content (AvgIpc) is 2.78. The van der Waals surface area contributed by atoms with Gasteiger partial charge in [0.05, 0.1) is 12.0 Å². The van der Waals surface area contributed by atoms with Gasteiger partial charge in [-0.05, 0) is 72.3 Å². The molecule has 3 rings (SSSR count). The van der Waals surface area contributed by atoms with Crippen LogP contribution in [0.3, 0.4) is 0 Å². The molecule has 0 heterocycles. The van der Waals surface area contributed by atoms with Crippen molar-refractivity contribution in [2.45, 2.75) is 4.90 Å². The van der Waals surface area contributed by atoms with E-state index in [1.54, 1.807) is 60.7 Å². The number of carbonyl (C=O) groups excluding carboxylic acids is 2. The molecule has 3 aromatic carbocycles. The summed E-state index contributed by atoms with van der Waals surface area (Å²) in [5.41, 5.74) is 3.86. The predicted molar refractivity (Wildman–Crippen MR) is 130 cm³/mol. The van der Waals surface area contributed by atoms with Crippen LogP contribution in [-0.4, -0.2) is 30.4 Å². The predicted octanol–water partition coefficient (Wildman–Crippen LogP) is 5.25. The van der Waals surface area contributed by atoms with Crippen molar-refractivity contribution in [3.63, 3.8) is 0 Å². The molecule has 0 fully saturated rings. The maximum absolute atomic E-state index is 12.0. The molecule has 0 unspecified atom stereocenters. The number of amides is 2. The molecule has 2 amide bonds. The lowest BCUT2D eigenvalue weighted by Crippen LogP contribution is -2.20. The Kier molecular flexibility index (Phi) is 8.98. The van der Waals surface area contributed by atoms with Crippen LogP contribution in [0.1, 0.15) is 5.56 Å². The van der Waals surface area contributed by atoms with Crippen LogP contribution in [0.25, 0.3) is 0 Å². The normalized spacial score (nSPS) is 10.7. The molecular weight excluding hydrogens is 469 g/mol. The van der Waals surface area contributed by atoms with Gasteiger partial charge in [-0.1, -0.05) is 29.3 Å². The summed E-state index contributed by atoms with van der Waals surface area (Å²) in [6.45, 7) is -0.138. The number of hydrogen-bond donors (Lipinski definition) is 2. The lowest BCUT2D eigenvalue weighted by molar-refractivity contribution is -0.119. The number of rotatable bonds is 9. The molecule has 0 aromatic heterocycles. The third-order valence-corrected chi connectivity index (χ3v) is 5.44. The summed E-state index contributed by atoms with van der Waals surface area (Å²) in [5, 5.41) is 7.85. The zero-order valence-corrected chi connectivity index (χ0v) is 19.1. The molecular formula is C23H19Cl2N3O3S. The van der Waals surface area contributed by atoms with Crippen LogP contribution >= 0.6 is 35.0 Å². The molecule has 0 aliphatic heterocycles. The van der Waals surface area contributed by atoms with E-state index in [2.05, 4.69) is 15.8 Å². The molecule has 9 heteroatoms. The zero-order chi connectivity index (χ0) is 22.8. The first-order valence-corrected chi connectivity index (χ1v) is 11.2. The van der Waals surface area contributed by atoms with Crippen molar-refractivity contribution in [2.24, 2.45) is 5.10 Å². The topological polar surface area (TPSA) is 79.8 Å². The van der Waals surface area contributed by atoms with E-state index in [0.29, 0.717) is 21.5 Å². The van der Waals surface area contributed by atoms with E-state index in [1.165, 1.54) is 18.0 Å². The van der Waals surface area contributed by atoms with Gasteiger partial charge in [-0.25, -0.2) is 5.43 Å². The van der Waals surface area contributed by atoms with Crippen LogP contribution in [0.2, 0.25) is 10.0 Å². The van der Waals surface area contributed by atoms with E-state index >= 15 is 0 Å². The molecule has 0 spiro atoms.